The molecule has 1 aromatic carbocycles. The minimum Gasteiger partial charge on any atom is -0.376 e. The Bertz CT molecular complexity index is 590. The highest BCUT2D eigenvalue weighted by molar-refractivity contribution is 7.15. The second kappa shape index (κ2) is 5.91. The van der Waals surface area contributed by atoms with E-state index in [9.17, 15) is 0 Å². The van der Waals surface area contributed by atoms with Crippen molar-refractivity contribution in [1.29, 1.82) is 0 Å². The predicted molar refractivity (Wildman–Crippen MR) is 87.5 cm³/mol. The molecular formula is C18H21NOS. The average molecular weight is 299 g/mol. The lowest BCUT2D eigenvalue weighted by Crippen LogP contribution is -2.36. The van der Waals surface area contributed by atoms with Crippen LogP contribution in [0.15, 0.2) is 42.5 Å². The molecule has 1 aliphatic heterocycles. The molecular weight excluding hydrogens is 278 g/mol. The highest BCUT2D eigenvalue weighted by Crippen LogP contribution is 2.39. The standard InChI is InChI=1S/C18H21NOS/c1-2-4-13(5-3-1)17-9-8-15(21-17)12-19-16-10-11-20-18(16)14-6-7-14/h1-5,8-9,14,16,18-19H,6-7,10-12H2. The molecule has 1 N–H and O–H groups in total. The first kappa shape index (κ1) is 13.5. The lowest BCUT2D eigenvalue weighted by Gasteiger charge is -2.19. The first-order chi connectivity index (χ1) is 10.4. The van der Waals surface area contributed by atoms with Gasteiger partial charge in [0.2, 0.25) is 0 Å². The summed E-state index contributed by atoms with van der Waals surface area (Å²) in [6, 6.07) is 15.7. The lowest BCUT2D eigenvalue weighted by molar-refractivity contribution is 0.0809. The van der Waals surface area contributed by atoms with Gasteiger partial charge >= 0.3 is 0 Å². The van der Waals surface area contributed by atoms with Crippen LogP contribution in [0.5, 0.6) is 0 Å². The molecule has 1 saturated carbocycles. The van der Waals surface area contributed by atoms with Gasteiger partial charge in [0.25, 0.3) is 0 Å². The summed E-state index contributed by atoms with van der Waals surface area (Å²) in [4.78, 5) is 2.77. The van der Waals surface area contributed by atoms with Gasteiger partial charge in [-0.1, -0.05) is 30.3 Å². The summed E-state index contributed by atoms with van der Waals surface area (Å²) in [6.07, 6.45) is 4.36. The third-order valence-electron chi connectivity index (χ3n) is 4.48. The predicted octanol–water partition coefficient (Wildman–Crippen LogP) is 4.07. The van der Waals surface area contributed by atoms with Crippen molar-refractivity contribution in [3.05, 3.63) is 47.3 Å². The molecule has 2 heterocycles. The van der Waals surface area contributed by atoms with Crippen LogP contribution in [0, 0.1) is 5.92 Å². The third-order valence-corrected chi connectivity index (χ3v) is 5.62. The van der Waals surface area contributed by atoms with E-state index in [1.165, 1.54) is 28.2 Å². The van der Waals surface area contributed by atoms with Gasteiger partial charge in [-0.3, -0.25) is 0 Å². The van der Waals surface area contributed by atoms with E-state index >= 15 is 0 Å². The Kier molecular flexibility index (Phi) is 3.80. The normalized spacial score (nSPS) is 25.3. The zero-order valence-corrected chi connectivity index (χ0v) is 12.9. The van der Waals surface area contributed by atoms with E-state index in [1.807, 2.05) is 11.3 Å². The quantitative estimate of drug-likeness (QED) is 0.898. The van der Waals surface area contributed by atoms with E-state index in [2.05, 4.69) is 47.8 Å². The number of ether oxygens (including phenoxy) is 1. The van der Waals surface area contributed by atoms with E-state index in [4.69, 9.17) is 4.74 Å². The fourth-order valence-electron chi connectivity index (χ4n) is 3.18. The molecule has 2 fully saturated rings. The van der Waals surface area contributed by atoms with Gasteiger partial charge in [0.05, 0.1) is 6.10 Å². The molecule has 0 bridgehead atoms. The number of thiophene rings is 1. The largest absolute Gasteiger partial charge is 0.376 e. The molecule has 2 atom stereocenters. The van der Waals surface area contributed by atoms with Gasteiger partial charge in [0.15, 0.2) is 0 Å². The molecule has 0 spiro atoms. The molecule has 1 aromatic heterocycles. The molecule has 110 valence electrons. The van der Waals surface area contributed by atoms with Crippen molar-refractivity contribution in [1.82, 2.24) is 5.32 Å². The van der Waals surface area contributed by atoms with Crippen molar-refractivity contribution in [3.8, 4) is 10.4 Å². The lowest BCUT2D eigenvalue weighted by atomic mass is 10.1. The van der Waals surface area contributed by atoms with Crippen molar-refractivity contribution in [2.24, 2.45) is 5.92 Å². The molecule has 4 rings (SSSR count). The summed E-state index contributed by atoms with van der Waals surface area (Å²) in [7, 11) is 0. The van der Waals surface area contributed by atoms with Gasteiger partial charge in [-0.05, 0) is 42.9 Å². The summed E-state index contributed by atoms with van der Waals surface area (Å²) in [5.41, 5.74) is 1.31. The maximum atomic E-state index is 5.89. The number of hydrogen-bond acceptors (Lipinski definition) is 3. The Balaban J connectivity index is 1.38. The fourth-order valence-corrected chi connectivity index (χ4v) is 4.15. The first-order valence-corrected chi connectivity index (χ1v) is 8.71. The van der Waals surface area contributed by atoms with E-state index in [0.29, 0.717) is 12.1 Å². The molecule has 2 aromatic rings. The maximum Gasteiger partial charge on any atom is 0.0757 e. The zero-order valence-electron chi connectivity index (χ0n) is 12.1. The molecule has 2 nitrogen and oxygen atoms in total. The van der Waals surface area contributed by atoms with Crippen LogP contribution in [0.3, 0.4) is 0 Å². The summed E-state index contributed by atoms with van der Waals surface area (Å²) >= 11 is 1.89. The SMILES string of the molecule is c1ccc(-c2ccc(CNC3CCOC3C3CC3)s2)cc1. The van der Waals surface area contributed by atoms with Gasteiger partial charge in [0.1, 0.15) is 0 Å². The topological polar surface area (TPSA) is 21.3 Å². The third kappa shape index (κ3) is 3.05. The first-order valence-electron chi connectivity index (χ1n) is 7.89. The maximum absolute atomic E-state index is 5.89. The molecule has 0 amide bonds. The van der Waals surface area contributed by atoms with Gasteiger partial charge in [-0.15, -0.1) is 11.3 Å². The molecule has 1 saturated heterocycles. The minimum atomic E-state index is 0.471. The second-order valence-corrected chi connectivity index (χ2v) is 7.25. The molecule has 0 radical (unpaired) electrons. The van der Waals surface area contributed by atoms with Crippen LogP contribution in [-0.4, -0.2) is 18.8 Å². The fraction of sp³-hybridized carbons (Fsp3) is 0.444. The van der Waals surface area contributed by atoms with E-state index in [0.717, 1.165) is 25.5 Å². The van der Waals surface area contributed by atoms with Crippen molar-refractivity contribution in [3.63, 3.8) is 0 Å². The summed E-state index contributed by atoms with van der Waals surface area (Å²) in [5.74, 6) is 0.827. The Morgan fingerprint density at radius 3 is 2.71 bits per heavy atom. The smallest absolute Gasteiger partial charge is 0.0757 e. The van der Waals surface area contributed by atoms with Crippen LogP contribution in [0.2, 0.25) is 0 Å². The zero-order chi connectivity index (χ0) is 14.1. The van der Waals surface area contributed by atoms with Crippen molar-refractivity contribution in [2.75, 3.05) is 6.61 Å². The van der Waals surface area contributed by atoms with Crippen molar-refractivity contribution < 1.29 is 4.74 Å². The molecule has 3 heteroatoms. The van der Waals surface area contributed by atoms with Crippen LogP contribution in [-0.2, 0) is 11.3 Å². The summed E-state index contributed by atoms with van der Waals surface area (Å²) in [5, 5.41) is 3.72. The van der Waals surface area contributed by atoms with Crippen LogP contribution in [0.25, 0.3) is 10.4 Å². The van der Waals surface area contributed by atoms with E-state index < -0.39 is 0 Å². The number of benzene rings is 1. The van der Waals surface area contributed by atoms with Gasteiger partial charge in [0, 0.05) is 28.9 Å². The highest BCUT2D eigenvalue weighted by atomic mass is 32.1. The number of nitrogens with one attached hydrogen (secondary N) is 1. The van der Waals surface area contributed by atoms with Crippen LogP contribution in [0.4, 0.5) is 0 Å². The number of rotatable bonds is 5. The Morgan fingerprint density at radius 1 is 1.05 bits per heavy atom. The van der Waals surface area contributed by atoms with Crippen LogP contribution in [0.1, 0.15) is 24.1 Å². The van der Waals surface area contributed by atoms with Gasteiger partial charge < -0.3 is 10.1 Å². The van der Waals surface area contributed by atoms with Gasteiger partial charge in [-0.25, -0.2) is 0 Å². The van der Waals surface area contributed by atoms with Crippen LogP contribution < -0.4 is 5.32 Å². The molecule has 21 heavy (non-hydrogen) atoms. The van der Waals surface area contributed by atoms with Crippen molar-refractivity contribution >= 4 is 11.3 Å². The Morgan fingerprint density at radius 2 is 1.90 bits per heavy atom. The molecule has 1 aliphatic carbocycles. The van der Waals surface area contributed by atoms with E-state index in [1.54, 1.807) is 0 Å². The highest BCUT2D eigenvalue weighted by Gasteiger charge is 2.40. The van der Waals surface area contributed by atoms with Crippen molar-refractivity contribution in [2.45, 2.75) is 38.0 Å². The van der Waals surface area contributed by atoms with Gasteiger partial charge in [-0.2, -0.15) is 0 Å². The number of hydrogen-bond donors (Lipinski definition) is 1. The molecule has 2 aliphatic rings. The monoisotopic (exact) mass is 299 g/mol. The minimum absolute atomic E-state index is 0.471. The Labute approximate surface area is 130 Å². The van der Waals surface area contributed by atoms with Crippen LogP contribution >= 0.6 is 11.3 Å². The molecule has 2 unspecified atom stereocenters. The Hall–Kier alpha value is -1.16. The van der Waals surface area contributed by atoms with E-state index in [-0.39, 0.29) is 0 Å². The summed E-state index contributed by atoms with van der Waals surface area (Å²) < 4.78 is 5.89. The second-order valence-electron chi connectivity index (χ2n) is 6.08. The summed E-state index contributed by atoms with van der Waals surface area (Å²) in [6.45, 7) is 1.90. The average Bonchev–Trinajstić information content (AvgIpc) is 3.09.